The highest BCUT2D eigenvalue weighted by Gasteiger charge is 2.37. The van der Waals surface area contributed by atoms with E-state index in [0.29, 0.717) is 6.54 Å². The van der Waals surface area contributed by atoms with Crippen LogP contribution in [-0.2, 0) is 4.79 Å². The maximum absolute atomic E-state index is 12.9. The number of fused-ring (bicyclic) bond motifs is 1. The minimum absolute atomic E-state index is 0.243. The van der Waals surface area contributed by atoms with E-state index in [4.69, 9.17) is 4.74 Å². The lowest BCUT2D eigenvalue weighted by Gasteiger charge is -2.25. The molecule has 0 radical (unpaired) electrons. The van der Waals surface area contributed by atoms with E-state index in [-0.39, 0.29) is 11.2 Å². The summed E-state index contributed by atoms with van der Waals surface area (Å²) in [6.45, 7) is 1.30. The Kier molecular flexibility index (Phi) is 5.68. The van der Waals surface area contributed by atoms with E-state index in [1.54, 1.807) is 35.1 Å². The van der Waals surface area contributed by atoms with Gasteiger partial charge in [-0.05, 0) is 43.2 Å². The third-order valence-corrected chi connectivity index (χ3v) is 6.64. The third-order valence-electron chi connectivity index (χ3n) is 4.16. The zero-order chi connectivity index (χ0) is 18.0. The smallest absolute Gasteiger partial charge is 0.257 e. The first kappa shape index (κ1) is 18.3. The van der Waals surface area contributed by atoms with Crippen LogP contribution >= 0.6 is 23.1 Å². The molecule has 2 heterocycles. The van der Waals surface area contributed by atoms with Crippen molar-refractivity contribution in [3.8, 4) is 5.75 Å². The minimum atomic E-state index is -1.08. The number of carbonyl (C=O) groups excluding carboxylic acids is 1. The number of carbonyl (C=O) groups is 1. The number of hydrogen-bond donors (Lipinski definition) is 1. The molecule has 1 aliphatic rings. The predicted octanol–water partition coefficient (Wildman–Crippen LogP) is 2.86. The number of nitrogens with zero attached hydrogens (tertiary/aromatic N) is 2. The van der Waals surface area contributed by atoms with Crippen LogP contribution < -0.4 is 9.64 Å². The van der Waals surface area contributed by atoms with E-state index < -0.39 is 6.10 Å². The second kappa shape index (κ2) is 7.78. The first-order chi connectivity index (χ1) is 12.0. The number of aliphatic hydroxyl groups excluding tert-OH is 1. The molecular formula is C18H22N2O3S2. The fourth-order valence-electron chi connectivity index (χ4n) is 2.74. The number of aliphatic hydroxyl groups is 1. The van der Waals surface area contributed by atoms with Crippen LogP contribution in [-0.4, -0.2) is 56.3 Å². The lowest BCUT2D eigenvalue weighted by atomic mass is 10.1. The van der Waals surface area contributed by atoms with E-state index in [9.17, 15) is 9.90 Å². The summed E-state index contributed by atoms with van der Waals surface area (Å²) in [5.41, 5.74) is 1.82. The summed E-state index contributed by atoms with van der Waals surface area (Å²) in [6.07, 6.45) is -1.08. The zero-order valence-corrected chi connectivity index (χ0v) is 16.1. The van der Waals surface area contributed by atoms with Crippen molar-refractivity contribution in [2.75, 3.05) is 39.2 Å². The average Bonchev–Trinajstić information content (AvgIpc) is 3.03. The maximum Gasteiger partial charge on any atom is 0.257 e. The van der Waals surface area contributed by atoms with Crippen LogP contribution in [0, 0.1) is 0 Å². The van der Waals surface area contributed by atoms with Crippen molar-refractivity contribution in [1.82, 2.24) is 4.90 Å². The number of likely N-dealkylation sites (N-methyl/N-ethyl adjacent to an activating group) is 1. The molecule has 2 atom stereocenters. The standard InChI is InChI=1S/C18H22N2O3S2/c1-19(2)9-10-20-14-8-11-24-18(14)25-16(15(21)17(20)22)12-4-6-13(23-3)7-5-12/h4-8,11,15-16,21H,9-10H2,1-3H3/t15-,16+/m1/s1. The summed E-state index contributed by atoms with van der Waals surface area (Å²) in [6, 6.07) is 9.50. The van der Waals surface area contributed by atoms with Crippen LogP contribution in [0.4, 0.5) is 5.69 Å². The van der Waals surface area contributed by atoms with Gasteiger partial charge >= 0.3 is 0 Å². The molecule has 0 saturated carbocycles. The van der Waals surface area contributed by atoms with Gasteiger partial charge in [-0.3, -0.25) is 4.79 Å². The molecule has 0 fully saturated rings. The van der Waals surface area contributed by atoms with Gasteiger partial charge in [0.15, 0.2) is 0 Å². The van der Waals surface area contributed by atoms with E-state index in [0.717, 1.165) is 27.8 Å². The van der Waals surface area contributed by atoms with Gasteiger partial charge in [-0.2, -0.15) is 0 Å². The van der Waals surface area contributed by atoms with Gasteiger partial charge in [-0.25, -0.2) is 0 Å². The van der Waals surface area contributed by atoms with Crippen molar-refractivity contribution >= 4 is 34.7 Å². The lowest BCUT2D eigenvalue weighted by molar-refractivity contribution is -0.126. The van der Waals surface area contributed by atoms with Crippen LogP contribution in [0.2, 0.25) is 0 Å². The molecule has 2 aromatic rings. The topological polar surface area (TPSA) is 53.0 Å². The number of hydrogen-bond acceptors (Lipinski definition) is 6. The molecule has 0 bridgehead atoms. The summed E-state index contributed by atoms with van der Waals surface area (Å²) in [7, 11) is 5.57. The molecule has 1 aliphatic heterocycles. The number of benzene rings is 1. The monoisotopic (exact) mass is 378 g/mol. The molecule has 0 aliphatic carbocycles. The quantitative estimate of drug-likeness (QED) is 0.867. The summed E-state index contributed by atoms with van der Waals surface area (Å²) in [5, 5.41) is 12.4. The third kappa shape index (κ3) is 3.84. The predicted molar refractivity (Wildman–Crippen MR) is 103 cm³/mol. The van der Waals surface area contributed by atoms with Gasteiger partial charge in [-0.1, -0.05) is 12.1 Å². The Balaban J connectivity index is 1.92. The van der Waals surface area contributed by atoms with Crippen molar-refractivity contribution in [2.45, 2.75) is 15.6 Å². The number of amides is 1. The fraction of sp³-hybridized carbons (Fsp3) is 0.389. The summed E-state index contributed by atoms with van der Waals surface area (Å²) < 4.78 is 6.26. The lowest BCUT2D eigenvalue weighted by Crippen LogP contribution is -2.43. The van der Waals surface area contributed by atoms with Crippen LogP contribution in [0.1, 0.15) is 10.8 Å². The molecule has 0 spiro atoms. The van der Waals surface area contributed by atoms with Gasteiger partial charge in [-0.15, -0.1) is 23.1 Å². The average molecular weight is 379 g/mol. The number of ether oxygens (including phenoxy) is 1. The largest absolute Gasteiger partial charge is 0.497 e. The van der Waals surface area contributed by atoms with E-state index >= 15 is 0 Å². The Bertz CT molecular complexity index is 730. The second-order valence-electron chi connectivity index (χ2n) is 6.14. The zero-order valence-electron chi connectivity index (χ0n) is 14.5. The Hall–Kier alpha value is -1.54. The highest BCUT2D eigenvalue weighted by atomic mass is 32.2. The van der Waals surface area contributed by atoms with Gasteiger partial charge in [0.05, 0.1) is 22.3 Å². The molecule has 1 amide bonds. The minimum Gasteiger partial charge on any atom is -0.497 e. The Morgan fingerprint density at radius 2 is 1.96 bits per heavy atom. The van der Waals surface area contributed by atoms with Crippen molar-refractivity contribution < 1.29 is 14.6 Å². The van der Waals surface area contributed by atoms with Crippen LogP contribution in [0.15, 0.2) is 39.9 Å². The highest BCUT2D eigenvalue weighted by Crippen LogP contribution is 2.48. The molecule has 134 valence electrons. The van der Waals surface area contributed by atoms with Crippen LogP contribution in [0.3, 0.4) is 0 Å². The molecular weight excluding hydrogens is 356 g/mol. The van der Waals surface area contributed by atoms with Gasteiger partial charge in [0, 0.05) is 13.1 Å². The molecule has 1 aromatic heterocycles. The molecule has 1 aromatic carbocycles. The highest BCUT2D eigenvalue weighted by molar-refractivity contribution is 8.01. The summed E-state index contributed by atoms with van der Waals surface area (Å²) in [5.74, 6) is 0.514. The number of thiophene rings is 1. The second-order valence-corrected chi connectivity index (χ2v) is 8.47. The molecule has 7 heteroatoms. The van der Waals surface area contributed by atoms with E-state index in [1.807, 2.05) is 54.7 Å². The van der Waals surface area contributed by atoms with Gasteiger partial charge in [0.25, 0.3) is 5.91 Å². The van der Waals surface area contributed by atoms with Crippen molar-refractivity contribution in [3.63, 3.8) is 0 Å². The first-order valence-electron chi connectivity index (χ1n) is 8.03. The first-order valence-corrected chi connectivity index (χ1v) is 9.79. The Morgan fingerprint density at radius 1 is 1.24 bits per heavy atom. The fourth-order valence-corrected chi connectivity index (χ4v) is 5.13. The van der Waals surface area contributed by atoms with E-state index in [2.05, 4.69) is 0 Å². The molecule has 0 unspecified atom stereocenters. The maximum atomic E-state index is 12.9. The molecule has 1 N–H and O–H groups in total. The van der Waals surface area contributed by atoms with E-state index in [1.165, 1.54) is 0 Å². The Labute approximate surface area is 156 Å². The SMILES string of the molecule is COc1ccc([C@@H]2Sc3sccc3N(CCN(C)C)C(=O)[C@@H]2O)cc1. The Morgan fingerprint density at radius 3 is 2.60 bits per heavy atom. The molecule has 5 nitrogen and oxygen atoms in total. The van der Waals surface area contributed by atoms with Crippen LogP contribution in [0.25, 0.3) is 0 Å². The van der Waals surface area contributed by atoms with Gasteiger partial charge < -0.3 is 19.6 Å². The summed E-state index contributed by atoms with van der Waals surface area (Å²) in [4.78, 5) is 16.7. The summed E-state index contributed by atoms with van der Waals surface area (Å²) >= 11 is 3.16. The molecule has 0 saturated heterocycles. The van der Waals surface area contributed by atoms with Gasteiger partial charge in [0.1, 0.15) is 11.9 Å². The van der Waals surface area contributed by atoms with Crippen molar-refractivity contribution in [1.29, 1.82) is 0 Å². The van der Waals surface area contributed by atoms with Crippen molar-refractivity contribution in [2.24, 2.45) is 0 Å². The van der Waals surface area contributed by atoms with Crippen molar-refractivity contribution in [3.05, 3.63) is 41.3 Å². The number of rotatable bonds is 5. The van der Waals surface area contributed by atoms with Gasteiger partial charge in [0.2, 0.25) is 0 Å². The number of methoxy groups -OCH3 is 1. The normalized spacial score (nSPS) is 20.5. The molecule has 3 rings (SSSR count). The molecule has 25 heavy (non-hydrogen) atoms. The number of anilines is 1. The number of thioether (sulfide) groups is 1. The van der Waals surface area contributed by atoms with Crippen LogP contribution in [0.5, 0.6) is 5.75 Å².